The normalized spacial score (nSPS) is 24.9. The van der Waals surface area contributed by atoms with Crippen molar-refractivity contribution in [2.75, 3.05) is 19.7 Å². The first-order chi connectivity index (χ1) is 19.7. The molecule has 3 nitrogen and oxygen atoms in total. The number of para-hydroxylation sites is 1. The highest BCUT2D eigenvalue weighted by Crippen LogP contribution is 2.50. The summed E-state index contributed by atoms with van der Waals surface area (Å²) in [5, 5.41) is 6.56. The van der Waals surface area contributed by atoms with Crippen LogP contribution in [0.25, 0.3) is 32.4 Å². The van der Waals surface area contributed by atoms with E-state index in [-0.39, 0.29) is 6.10 Å². The minimum absolute atomic E-state index is 0.0410. The van der Waals surface area contributed by atoms with Gasteiger partial charge in [0.25, 0.3) is 0 Å². The van der Waals surface area contributed by atoms with Crippen LogP contribution in [-0.2, 0) is 11.3 Å². The van der Waals surface area contributed by atoms with Crippen molar-refractivity contribution >= 4 is 32.4 Å². The van der Waals surface area contributed by atoms with Gasteiger partial charge in [-0.25, -0.2) is 0 Å². The first kappa shape index (κ1) is 25.2. The molecular weight excluding hydrogens is 488 g/mol. The van der Waals surface area contributed by atoms with Crippen LogP contribution in [0, 0.1) is 11.8 Å². The maximum absolute atomic E-state index is 6.80. The van der Waals surface area contributed by atoms with E-state index >= 15 is 0 Å². The molecule has 40 heavy (non-hydrogen) atoms. The fourth-order valence-electron chi connectivity index (χ4n) is 7.90. The molecular formula is C37H37N2O+. The Balaban J connectivity index is 1.41. The van der Waals surface area contributed by atoms with Crippen LogP contribution in [0.1, 0.15) is 30.1 Å². The highest BCUT2D eigenvalue weighted by Gasteiger charge is 2.54. The number of aromatic nitrogens is 1. The van der Waals surface area contributed by atoms with Crippen molar-refractivity contribution in [3.63, 3.8) is 0 Å². The van der Waals surface area contributed by atoms with E-state index < -0.39 is 0 Å². The average Bonchev–Trinajstić information content (AvgIpc) is 3.01. The van der Waals surface area contributed by atoms with Crippen LogP contribution in [0.2, 0.25) is 0 Å². The second kappa shape index (κ2) is 10.3. The quantitative estimate of drug-likeness (QED) is 0.115. The van der Waals surface area contributed by atoms with Gasteiger partial charge in [-0.05, 0) is 51.2 Å². The molecule has 0 radical (unpaired) electrons. The molecule has 4 heterocycles. The van der Waals surface area contributed by atoms with Gasteiger partial charge >= 0.3 is 0 Å². The Bertz CT molecular complexity index is 1670. The topological polar surface area (TPSA) is 22.1 Å². The molecule has 200 valence electrons. The molecule has 1 aromatic heterocycles. The lowest BCUT2D eigenvalue weighted by atomic mass is 9.70. The van der Waals surface area contributed by atoms with Crippen molar-refractivity contribution in [3.05, 3.63) is 128 Å². The van der Waals surface area contributed by atoms with Gasteiger partial charge < -0.3 is 9.22 Å². The number of quaternary nitrogens is 1. The van der Waals surface area contributed by atoms with E-state index in [2.05, 4.69) is 109 Å². The molecule has 3 aliphatic heterocycles. The van der Waals surface area contributed by atoms with Gasteiger partial charge in [-0.2, -0.15) is 0 Å². The predicted molar refractivity (Wildman–Crippen MR) is 166 cm³/mol. The number of pyridine rings is 1. The van der Waals surface area contributed by atoms with Crippen LogP contribution in [0.5, 0.6) is 0 Å². The number of hydrogen-bond acceptors (Lipinski definition) is 2. The van der Waals surface area contributed by atoms with Crippen molar-refractivity contribution in [2.45, 2.75) is 31.5 Å². The summed E-state index contributed by atoms with van der Waals surface area (Å²) < 4.78 is 7.81. The van der Waals surface area contributed by atoms with E-state index in [0.717, 1.165) is 36.1 Å². The Morgan fingerprint density at radius 1 is 0.900 bits per heavy atom. The molecule has 3 heteroatoms. The summed E-state index contributed by atoms with van der Waals surface area (Å²) in [6.45, 7) is 12.1. The molecule has 3 fully saturated rings. The second-order valence-electron chi connectivity index (χ2n) is 11.8. The fraction of sp³-hybridized carbons (Fsp3) is 0.270. The molecule has 0 saturated carbocycles. The molecule has 0 aliphatic carbocycles. The summed E-state index contributed by atoms with van der Waals surface area (Å²) in [4.78, 5) is 4.68. The Morgan fingerprint density at radius 2 is 1.60 bits per heavy atom. The van der Waals surface area contributed by atoms with Crippen molar-refractivity contribution in [2.24, 2.45) is 11.8 Å². The van der Waals surface area contributed by atoms with Crippen LogP contribution < -0.4 is 0 Å². The molecule has 5 aromatic rings. The lowest BCUT2D eigenvalue weighted by Crippen LogP contribution is -2.67. The maximum Gasteiger partial charge on any atom is 0.135 e. The number of rotatable bonds is 8. The summed E-state index contributed by atoms with van der Waals surface area (Å²) in [7, 11) is 0. The third-order valence-corrected chi connectivity index (χ3v) is 9.76. The minimum Gasteiger partial charge on any atom is -0.363 e. The first-order valence-electron chi connectivity index (χ1n) is 14.6. The molecule has 3 aliphatic rings. The van der Waals surface area contributed by atoms with Crippen LogP contribution in [0.3, 0.4) is 0 Å². The van der Waals surface area contributed by atoms with Crippen LogP contribution in [0.15, 0.2) is 116 Å². The zero-order valence-corrected chi connectivity index (χ0v) is 23.1. The minimum atomic E-state index is -0.0410. The molecule has 0 spiro atoms. The Kier molecular flexibility index (Phi) is 6.50. The molecule has 5 atom stereocenters. The van der Waals surface area contributed by atoms with Gasteiger partial charge in [0.15, 0.2) is 0 Å². The van der Waals surface area contributed by atoms with Crippen LogP contribution in [0.4, 0.5) is 0 Å². The van der Waals surface area contributed by atoms with Crippen LogP contribution >= 0.6 is 0 Å². The van der Waals surface area contributed by atoms with Gasteiger partial charge in [-0.3, -0.25) is 4.98 Å². The molecule has 4 aromatic carbocycles. The van der Waals surface area contributed by atoms with Gasteiger partial charge in [-0.1, -0.05) is 78.9 Å². The van der Waals surface area contributed by atoms with E-state index in [1.165, 1.54) is 44.5 Å². The highest BCUT2D eigenvalue weighted by molar-refractivity contribution is 6.02. The Labute approximate surface area is 237 Å². The summed E-state index contributed by atoms with van der Waals surface area (Å²) in [5.74, 6) is 1.18. The van der Waals surface area contributed by atoms with Crippen molar-refractivity contribution in [1.82, 2.24) is 4.98 Å². The molecule has 8 rings (SSSR count). The molecule has 2 bridgehead atoms. The molecule has 1 unspecified atom stereocenters. The summed E-state index contributed by atoms with van der Waals surface area (Å²) in [6, 6.07) is 31.2. The van der Waals surface area contributed by atoms with Gasteiger partial charge in [0.2, 0.25) is 0 Å². The lowest BCUT2D eigenvalue weighted by Gasteiger charge is -2.58. The lowest BCUT2D eigenvalue weighted by molar-refractivity contribution is -0.984. The predicted octanol–water partition coefficient (Wildman–Crippen LogP) is 8.40. The molecule has 0 N–H and O–H groups in total. The number of piperidine rings is 3. The van der Waals surface area contributed by atoms with Crippen LogP contribution in [-0.4, -0.2) is 35.2 Å². The number of fused-ring (bicyclic) bond motifs is 6. The van der Waals surface area contributed by atoms with Gasteiger partial charge in [-0.15, -0.1) is 13.2 Å². The van der Waals surface area contributed by atoms with Gasteiger partial charge in [0.05, 0.1) is 25.2 Å². The molecule has 0 amide bonds. The monoisotopic (exact) mass is 525 g/mol. The van der Waals surface area contributed by atoms with Crippen molar-refractivity contribution in [3.8, 4) is 0 Å². The Morgan fingerprint density at radius 3 is 2.33 bits per heavy atom. The third kappa shape index (κ3) is 4.16. The van der Waals surface area contributed by atoms with E-state index in [0.29, 0.717) is 24.5 Å². The zero-order chi connectivity index (χ0) is 27.1. The number of hydrogen-bond donors (Lipinski definition) is 0. The standard InChI is InChI=1S/C37H37N2O/c1-3-21-40-37(33-17-19-38-35-16-10-9-15-32(33)35)36-23-27-18-20-39(36,24-26(27)4-2)25-34-30-13-7-5-11-28(30)22-29-12-6-8-14-31(29)34/h3-17,19,22,26-27,36-37H,1-2,18,20-21,23-25H2/q+1/t26-,27-,36+,37?,39-/m0/s1. The molecule has 3 saturated heterocycles. The summed E-state index contributed by atoms with van der Waals surface area (Å²) in [6.07, 6.45) is 8.41. The number of nitrogens with zero attached hydrogens (tertiary/aromatic N) is 2. The summed E-state index contributed by atoms with van der Waals surface area (Å²) >= 11 is 0. The van der Waals surface area contributed by atoms with E-state index in [1.54, 1.807) is 0 Å². The third-order valence-electron chi connectivity index (χ3n) is 9.76. The Hall–Kier alpha value is -3.79. The van der Waals surface area contributed by atoms with Gasteiger partial charge in [0, 0.05) is 35.9 Å². The zero-order valence-electron chi connectivity index (χ0n) is 23.1. The van der Waals surface area contributed by atoms with Gasteiger partial charge in [0.1, 0.15) is 18.7 Å². The smallest absolute Gasteiger partial charge is 0.135 e. The first-order valence-corrected chi connectivity index (χ1v) is 14.6. The average molecular weight is 526 g/mol. The maximum atomic E-state index is 6.80. The highest BCUT2D eigenvalue weighted by atomic mass is 16.5. The SMILES string of the molecule is C=CCOC(c1ccnc2ccccc12)[C@H]1C[C@@H]2CC[N@@+]1(Cc1c3ccccc3cc3ccccc13)C[C@@H]2C=C. The van der Waals surface area contributed by atoms with E-state index in [4.69, 9.17) is 4.74 Å². The van der Waals surface area contributed by atoms with Crippen molar-refractivity contribution < 1.29 is 9.22 Å². The summed E-state index contributed by atoms with van der Waals surface area (Å²) in [5.41, 5.74) is 3.74. The number of ether oxygens (including phenoxy) is 1. The van der Waals surface area contributed by atoms with E-state index in [1.807, 2.05) is 12.3 Å². The number of benzene rings is 4. The second-order valence-corrected chi connectivity index (χ2v) is 11.8. The largest absolute Gasteiger partial charge is 0.363 e. The van der Waals surface area contributed by atoms with E-state index in [9.17, 15) is 0 Å². The van der Waals surface area contributed by atoms with Crippen molar-refractivity contribution in [1.29, 1.82) is 0 Å². The fourth-order valence-corrected chi connectivity index (χ4v) is 7.90.